The lowest BCUT2D eigenvalue weighted by Gasteiger charge is -2.30. The normalized spacial score (nSPS) is 13.8. The quantitative estimate of drug-likeness (QED) is 0.382. The van der Waals surface area contributed by atoms with Crippen LogP contribution in [0.25, 0.3) is 0 Å². The molecule has 1 unspecified atom stereocenters. The molecule has 0 bridgehead atoms. The summed E-state index contributed by atoms with van der Waals surface area (Å²) >= 11 is 0. The van der Waals surface area contributed by atoms with Gasteiger partial charge in [-0.05, 0) is 65.6 Å². The molecule has 2 N–H and O–H groups in total. The first-order valence-corrected chi connectivity index (χ1v) is 13.4. The highest BCUT2D eigenvalue weighted by Crippen LogP contribution is 2.47. The van der Waals surface area contributed by atoms with Crippen molar-refractivity contribution in [1.82, 2.24) is 10.3 Å². The number of pyridine rings is 1. The molecule has 0 fully saturated rings. The fourth-order valence-electron chi connectivity index (χ4n) is 3.78. The van der Waals surface area contributed by atoms with Gasteiger partial charge in [-0.1, -0.05) is 47.6 Å². The van der Waals surface area contributed by atoms with Gasteiger partial charge in [-0.15, -0.1) is 0 Å². The molecular weight excluding hydrogens is 435 g/mol. The van der Waals surface area contributed by atoms with Crippen molar-refractivity contribution in [2.75, 3.05) is 19.5 Å². The summed E-state index contributed by atoms with van der Waals surface area (Å²) in [5.74, 6) is 0.338. The van der Waals surface area contributed by atoms with Gasteiger partial charge in [0.1, 0.15) is 5.75 Å². The zero-order valence-electron chi connectivity index (χ0n) is 21.4. The molecule has 0 radical (unpaired) electrons. The Kier molecular flexibility index (Phi) is 9.29. The van der Waals surface area contributed by atoms with Gasteiger partial charge < -0.3 is 14.2 Å². The molecule has 0 saturated heterocycles. The molecule has 1 aromatic heterocycles. The van der Waals surface area contributed by atoms with E-state index in [1.807, 2.05) is 32.0 Å². The average molecular weight is 477 g/mol. The predicted molar refractivity (Wildman–Crippen MR) is 135 cm³/mol. The molecule has 1 atom stereocenters. The van der Waals surface area contributed by atoms with Crippen LogP contribution in [0.15, 0.2) is 36.5 Å². The van der Waals surface area contributed by atoms with E-state index in [0.29, 0.717) is 25.4 Å². The Hall–Kier alpha value is -1.72. The standard InChI is InChI=1S/C26H41N2O4P/c1-9-31-33(30,32-10-2)18-28-23(17-20-13-11-12-14-27-20)19-15-21(25(3,4)5)24(29)22(16-19)26(6,7)8/h11-16,23,28-29H,9-10,17-18H2,1-8H3. The van der Waals surface area contributed by atoms with E-state index in [1.165, 1.54) is 0 Å². The lowest BCUT2D eigenvalue weighted by molar-refractivity contribution is 0.216. The van der Waals surface area contributed by atoms with Gasteiger partial charge in [0.2, 0.25) is 0 Å². The molecule has 0 saturated carbocycles. The number of hydrogen-bond donors (Lipinski definition) is 2. The fourth-order valence-corrected chi connectivity index (χ4v) is 5.27. The molecule has 0 spiro atoms. The van der Waals surface area contributed by atoms with Crippen LogP contribution in [0.2, 0.25) is 0 Å². The smallest absolute Gasteiger partial charge is 0.344 e. The Bertz CT molecular complexity index is 904. The Morgan fingerprint density at radius 3 is 1.97 bits per heavy atom. The second-order valence-corrected chi connectivity index (χ2v) is 12.4. The maximum Gasteiger partial charge on any atom is 0.344 e. The van der Waals surface area contributed by atoms with Crippen molar-refractivity contribution in [3.8, 4) is 5.75 Å². The third-order valence-corrected chi connectivity index (χ3v) is 7.35. The van der Waals surface area contributed by atoms with Crippen LogP contribution in [0.1, 0.15) is 83.8 Å². The van der Waals surface area contributed by atoms with Crippen LogP contribution >= 0.6 is 7.60 Å². The van der Waals surface area contributed by atoms with Crippen LogP contribution in [0.4, 0.5) is 0 Å². The van der Waals surface area contributed by atoms with Crippen LogP contribution in [0.5, 0.6) is 5.75 Å². The zero-order valence-corrected chi connectivity index (χ0v) is 22.3. The highest BCUT2D eigenvalue weighted by atomic mass is 31.2. The van der Waals surface area contributed by atoms with Crippen molar-refractivity contribution in [2.45, 2.75) is 78.7 Å². The second-order valence-electron chi connectivity index (χ2n) is 10.4. The number of benzene rings is 1. The molecule has 0 aliphatic heterocycles. The molecule has 1 aromatic carbocycles. The van der Waals surface area contributed by atoms with Crippen molar-refractivity contribution in [3.05, 3.63) is 58.9 Å². The Balaban J connectivity index is 2.56. The lowest BCUT2D eigenvalue weighted by atomic mass is 9.77. The molecule has 184 valence electrons. The molecule has 33 heavy (non-hydrogen) atoms. The molecule has 0 amide bonds. The van der Waals surface area contributed by atoms with Crippen molar-refractivity contribution in [3.63, 3.8) is 0 Å². The Morgan fingerprint density at radius 1 is 1.00 bits per heavy atom. The maximum absolute atomic E-state index is 13.1. The number of phenols is 1. The Morgan fingerprint density at radius 2 is 1.55 bits per heavy atom. The van der Waals surface area contributed by atoms with Gasteiger partial charge in [-0.2, -0.15) is 0 Å². The SMILES string of the molecule is CCOP(=O)(CNC(Cc1ccccn1)c1cc(C(C)(C)C)c(O)c(C(C)(C)C)c1)OCC. The van der Waals surface area contributed by atoms with E-state index in [9.17, 15) is 9.67 Å². The number of phenolic OH excluding ortho intramolecular Hbond substituents is 1. The summed E-state index contributed by atoms with van der Waals surface area (Å²) in [5, 5.41) is 14.6. The first-order chi connectivity index (χ1) is 15.3. The summed E-state index contributed by atoms with van der Waals surface area (Å²) in [7, 11) is -3.28. The molecule has 0 aliphatic carbocycles. The summed E-state index contributed by atoms with van der Waals surface area (Å²) in [6.07, 6.45) is 2.45. The largest absolute Gasteiger partial charge is 0.507 e. The minimum atomic E-state index is -3.28. The van der Waals surface area contributed by atoms with Crippen LogP contribution in [0, 0.1) is 0 Å². The van der Waals surface area contributed by atoms with Gasteiger partial charge in [-0.25, -0.2) is 0 Å². The molecule has 2 rings (SSSR count). The highest BCUT2D eigenvalue weighted by Gasteiger charge is 2.30. The van der Waals surface area contributed by atoms with Crippen molar-refractivity contribution < 1.29 is 18.7 Å². The van der Waals surface area contributed by atoms with Gasteiger partial charge in [-0.3, -0.25) is 14.9 Å². The van der Waals surface area contributed by atoms with E-state index in [1.54, 1.807) is 6.20 Å². The van der Waals surface area contributed by atoms with Crippen molar-refractivity contribution in [1.29, 1.82) is 0 Å². The van der Waals surface area contributed by atoms with E-state index in [2.05, 4.69) is 64.0 Å². The van der Waals surface area contributed by atoms with Gasteiger partial charge in [0, 0.05) is 24.4 Å². The van der Waals surface area contributed by atoms with Gasteiger partial charge in [0.05, 0.1) is 19.5 Å². The van der Waals surface area contributed by atoms with Crippen molar-refractivity contribution in [2.24, 2.45) is 0 Å². The van der Waals surface area contributed by atoms with E-state index in [0.717, 1.165) is 22.4 Å². The number of nitrogens with zero attached hydrogens (tertiary/aromatic N) is 1. The molecule has 6 nitrogen and oxygen atoms in total. The highest BCUT2D eigenvalue weighted by molar-refractivity contribution is 7.53. The Labute approximate surface area is 199 Å². The molecule has 2 aromatic rings. The first-order valence-electron chi connectivity index (χ1n) is 11.7. The van der Waals surface area contributed by atoms with Crippen LogP contribution in [-0.2, 0) is 30.9 Å². The van der Waals surface area contributed by atoms with Gasteiger partial charge in [0.15, 0.2) is 0 Å². The average Bonchev–Trinajstić information content (AvgIpc) is 2.71. The van der Waals surface area contributed by atoms with Gasteiger partial charge >= 0.3 is 7.60 Å². The maximum atomic E-state index is 13.1. The summed E-state index contributed by atoms with van der Waals surface area (Å²) in [5.41, 5.74) is 3.20. The minimum absolute atomic E-state index is 0.0861. The van der Waals surface area contributed by atoms with Crippen LogP contribution in [-0.4, -0.2) is 29.6 Å². The number of rotatable bonds is 10. The zero-order chi connectivity index (χ0) is 24.9. The van der Waals surface area contributed by atoms with E-state index >= 15 is 0 Å². The summed E-state index contributed by atoms with van der Waals surface area (Å²) < 4.78 is 24.1. The topological polar surface area (TPSA) is 80.7 Å². The minimum Gasteiger partial charge on any atom is -0.507 e. The molecule has 7 heteroatoms. The number of aromatic hydroxyl groups is 1. The third-order valence-electron chi connectivity index (χ3n) is 5.47. The third kappa shape index (κ3) is 7.65. The molecule has 0 aliphatic rings. The van der Waals surface area contributed by atoms with Crippen molar-refractivity contribution >= 4 is 7.60 Å². The predicted octanol–water partition coefficient (Wildman–Crippen LogP) is 6.48. The number of hydrogen-bond acceptors (Lipinski definition) is 6. The summed E-state index contributed by atoms with van der Waals surface area (Å²) in [6, 6.07) is 9.74. The summed E-state index contributed by atoms with van der Waals surface area (Å²) in [4.78, 5) is 4.50. The second kappa shape index (κ2) is 11.1. The number of nitrogens with one attached hydrogen (secondary N) is 1. The molecular formula is C26H41N2O4P. The van der Waals surface area contributed by atoms with E-state index in [4.69, 9.17) is 9.05 Å². The molecule has 1 heterocycles. The van der Waals surface area contributed by atoms with Gasteiger partial charge in [0.25, 0.3) is 0 Å². The van der Waals surface area contributed by atoms with Crippen LogP contribution in [0.3, 0.4) is 0 Å². The van der Waals surface area contributed by atoms with E-state index in [-0.39, 0.29) is 23.2 Å². The number of aromatic nitrogens is 1. The first kappa shape index (κ1) is 27.5. The van der Waals surface area contributed by atoms with E-state index < -0.39 is 7.60 Å². The van der Waals surface area contributed by atoms with Crippen LogP contribution < -0.4 is 5.32 Å². The summed E-state index contributed by atoms with van der Waals surface area (Å²) in [6.45, 7) is 16.8. The lowest BCUT2D eigenvalue weighted by Crippen LogP contribution is -2.27. The monoisotopic (exact) mass is 476 g/mol. The fraction of sp³-hybridized carbons (Fsp3) is 0.577.